The lowest BCUT2D eigenvalue weighted by molar-refractivity contribution is -0.291. The second kappa shape index (κ2) is 4.19. The van der Waals surface area contributed by atoms with E-state index in [0.717, 1.165) is 7.05 Å². The zero-order valence-electron chi connectivity index (χ0n) is 10.0. The minimum atomic E-state index is -5.88. The fourth-order valence-corrected chi connectivity index (χ4v) is 2.11. The number of halogens is 5. The first-order valence-electron chi connectivity index (χ1n) is 5.34. The molecule has 0 atom stereocenters. The van der Waals surface area contributed by atoms with E-state index < -0.39 is 29.3 Å². The Morgan fingerprint density at radius 1 is 1.15 bits per heavy atom. The first-order chi connectivity index (χ1) is 9.09. The number of fused-ring (bicyclic) bond motifs is 1. The molecule has 1 aromatic carbocycles. The van der Waals surface area contributed by atoms with E-state index >= 15 is 0 Å². The number of carboxylic acids is 1. The van der Waals surface area contributed by atoms with E-state index in [0.29, 0.717) is 4.57 Å². The normalized spacial score (nSPS) is 12.9. The van der Waals surface area contributed by atoms with Crippen LogP contribution in [0.5, 0.6) is 0 Å². The Balaban J connectivity index is 2.93. The minimum absolute atomic E-state index is 0.0103. The van der Waals surface area contributed by atoms with Crippen molar-refractivity contribution in [2.75, 3.05) is 0 Å². The summed E-state index contributed by atoms with van der Waals surface area (Å²) >= 11 is 0. The SMILES string of the molecule is Cn1c(C(F)(F)C(F)(F)F)c(C(=O)O)c2ccccc21. The summed E-state index contributed by atoms with van der Waals surface area (Å²) in [5, 5.41) is 8.83. The Labute approximate surface area is 109 Å². The van der Waals surface area contributed by atoms with Gasteiger partial charge in [0.15, 0.2) is 0 Å². The van der Waals surface area contributed by atoms with Crippen LogP contribution in [0.15, 0.2) is 24.3 Å². The van der Waals surface area contributed by atoms with E-state index in [2.05, 4.69) is 0 Å². The summed E-state index contributed by atoms with van der Waals surface area (Å²) in [5.41, 5.74) is -2.62. The number of aromatic carboxylic acids is 1. The maximum absolute atomic E-state index is 13.6. The quantitative estimate of drug-likeness (QED) is 0.861. The van der Waals surface area contributed by atoms with Crippen molar-refractivity contribution in [1.82, 2.24) is 4.57 Å². The van der Waals surface area contributed by atoms with Crippen molar-refractivity contribution in [2.24, 2.45) is 7.05 Å². The summed E-state index contributed by atoms with van der Waals surface area (Å²) in [6, 6.07) is 5.25. The molecule has 1 aromatic heterocycles. The van der Waals surface area contributed by atoms with Gasteiger partial charge in [-0.15, -0.1) is 0 Å². The molecule has 0 saturated heterocycles. The Morgan fingerprint density at radius 3 is 2.20 bits per heavy atom. The van der Waals surface area contributed by atoms with Gasteiger partial charge in [0.2, 0.25) is 0 Å². The van der Waals surface area contributed by atoms with E-state index in [4.69, 9.17) is 5.11 Å². The summed E-state index contributed by atoms with van der Waals surface area (Å²) in [6.07, 6.45) is -5.88. The third-order valence-electron chi connectivity index (χ3n) is 2.97. The van der Waals surface area contributed by atoms with Crippen LogP contribution in [0.3, 0.4) is 0 Å². The fraction of sp³-hybridized carbons (Fsp3) is 0.250. The number of rotatable bonds is 2. The number of hydrogen-bond acceptors (Lipinski definition) is 1. The molecule has 0 fully saturated rings. The van der Waals surface area contributed by atoms with Gasteiger partial charge in [0.1, 0.15) is 5.69 Å². The molecular formula is C12H8F5NO2. The van der Waals surface area contributed by atoms with Gasteiger partial charge in [0.05, 0.1) is 5.56 Å². The number of nitrogens with zero attached hydrogens (tertiary/aromatic N) is 1. The summed E-state index contributed by atoms with van der Waals surface area (Å²) in [7, 11) is 0.976. The topological polar surface area (TPSA) is 42.2 Å². The van der Waals surface area contributed by atoms with Crippen LogP contribution in [0.4, 0.5) is 22.0 Å². The molecule has 0 radical (unpaired) electrons. The Kier molecular flexibility index (Phi) is 2.99. The summed E-state index contributed by atoms with van der Waals surface area (Å²) in [4.78, 5) is 11.1. The molecule has 3 nitrogen and oxygen atoms in total. The molecule has 8 heteroatoms. The predicted octanol–water partition coefficient (Wildman–Crippen LogP) is 3.53. The molecule has 1 N–H and O–H groups in total. The molecule has 0 bridgehead atoms. The van der Waals surface area contributed by atoms with Crippen LogP contribution in [-0.2, 0) is 13.0 Å². The lowest BCUT2D eigenvalue weighted by Gasteiger charge is -2.21. The molecule has 0 aliphatic carbocycles. The second-order valence-electron chi connectivity index (χ2n) is 4.18. The van der Waals surface area contributed by atoms with Crippen LogP contribution >= 0.6 is 0 Å². The molecule has 2 rings (SSSR count). The van der Waals surface area contributed by atoms with Crippen LogP contribution in [0.1, 0.15) is 16.1 Å². The first kappa shape index (κ1) is 14.3. The highest BCUT2D eigenvalue weighted by Crippen LogP contribution is 2.47. The van der Waals surface area contributed by atoms with Crippen molar-refractivity contribution < 1.29 is 31.9 Å². The number of para-hydroxylation sites is 1. The average Bonchev–Trinajstić information content (AvgIpc) is 2.62. The number of aryl methyl sites for hydroxylation is 1. The Hall–Kier alpha value is -2.12. The lowest BCUT2D eigenvalue weighted by atomic mass is 10.1. The molecule has 108 valence electrons. The number of hydrogen-bond donors (Lipinski definition) is 1. The number of aromatic nitrogens is 1. The monoisotopic (exact) mass is 293 g/mol. The molecule has 20 heavy (non-hydrogen) atoms. The molecule has 0 spiro atoms. The molecule has 0 unspecified atom stereocenters. The van der Waals surface area contributed by atoms with Gasteiger partial charge in [-0.25, -0.2) is 4.79 Å². The van der Waals surface area contributed by atoms with E-state index in [9.17, 15) is 26.7 Å². The Morgan fingerprint density at radius 2 is 1.70 bits per heavy atom. The maximum Gasteiger partial charge on any atom is 0.459 e. The van der Waals surface area contributed by atoms with Crippen LogP contribution in [0.2, 0.25) is 0 Å². The molecular weight excluding hydrogens is 285 g/mol. The van der Waals surface area contributed by atoms with Crippen LogP contribution in [0, 0.1) is 0 Å². The zero-order chi connectivity index (χ0) is 15.3. The van der Waals surface area contributed by atoms with Crippen LogP contribution in [-0.4, -0.2) is 21.8 Å². The van der Waals surface area contributed by atoms with Gasteiger partial charge in [-0.1, -0.05) is 18.2 Å². The van der Waals surface area contributed by atoms with Gasteiger partial charge in [-0.05, 0) is 6.07 Å². The average molecular weight is 293 g/mol. The fourth-order valence-electron chi connectivity index (χ4n) is 2.11. The molecule has 0 aliphatic heterocycles. The predicted molar refractivity (Wildman–Crippen MR) is 59.8 cm³/mol. The van der Waals surface area contributed by atoms with E-state index in [1.54, 1.807) is 0 Å². The van der Waals surface area contributed by atoms with Crippen molar-refractivity contribution in [3.05, 3.63) is 35.5 Å². The molecule has 0 saturated carbocycles. The van der Waals surface area contributed by atoms with Gasteiger partial charge in [-0.3, -0.25) is 0 Å². The smallest absolute Gasteiger partial charge is 0.459 e. The van der Waals surface area contributed by atoms with Crippen LogP contribution in [0.25, 0.3) is 10.9 Å². The van der Waals surface area contributed by atoms with E-state index in [1.807, 2.05) is 0 Å². The van der Waals surface area contributed by atoms with Crippen molar-refractivity contribution in [3.8, 4) is 0 Å². The zero-order valence-corrected chi connectivity index (χ0v) is 10.0. The largest absolute Gasteiger partial charge is 0.478 e. The minimum Gasteiger partial charge on any atom is -0.478 e. The van der Waals surface area contributed by atoms with Gasteiger partial charge in [0, 0.05) is 18.0 Å². The number of alkyl halides is 5. The first-order valence-corrected chi connectivity index (χ1v) is 5.34. The summed E-state index contributed by atoms with van der Waals surface area (Å²) < 4.78 is 65.3. The summed E-state index contributed by atoms with van der Waals surface area (Å²) in [5.74, 6) is -7.09. The summed E-state index contributed by atoms with van der Waals surface area (Å²) in [6.45, 7) is 0. The van der Waals surface area contributed by atoms with Crippen molar-refractivity contribution in [1.29, 1.82) is 0 Å². The number of carbonyl (C=O) groups is 1. The maximum atomic E-state index is 13.6. The number of benzene rings is 1. The molecule has 0 aliphatic rings. The van der Waals surface area contributed by atoms with Gasteiger partial charge >= 0.3 is 18.1 Å². The van der Waals surface area contributed by atoms with Crippen LogP contribution < -0.4 is 0 Å². The highest BCUT2D eigenvalue weighted by atomic mass is 19.4. The van der Waals surface area contributed by atoms with Crippen molar-refractivity contribution >= 4 is 16.9 Å². The lowest BCUT2D eigenvalue weighted by Crippen LogP contribution is -2.36. The third kappa shape index (κ3) is 1.83. The van der Waals surface area contributed by atoms with Crippen molar-refractivity contribution in [3.63, 3.8) is 0 Å². The van der Waals surface area contributed by atoms with Crippen molar-refractivity contribution in [2.45, 2.75) is 12.1 Å². The Bertz CT molecular complexity index is 687. The standard InChI is InChI=1S/C12H8F5NO2/c1-18-7-5-3-2-4-6(7)8(10(19)20)9(18)11(13,14)12(15,16)17/h2-5H,1H3,(H,19,20). The van der Waals surface area contributed by atoms with Gasteiger partial charge in [0.25, 0.3) is 0 Å². The van der Waals surface area contributed by atoms with Gasteiger partial charge < -0.3 is 9.67 Å². The molecule has 2 aromatic rings. The third-order valence-corrected chi connectivity index (χ3v) is 2.97. The highest BCUT2D eigenvalue weighted by molar-refractivity contribution is 6.05. The highest BCUT2D eigenvalue weighted by Gasteiger charge is 2.62. The second-order valence-corrected chi connectivity index (χ2v) is 4.18. The molecule has 0 amide bonds. The van der Waals surface area contributed by atoms with Gasteiger partial charge in [-0.2, -0.15) is 22.0 Å². The molecule has 1 heterocycles. The van der Waals surface area contributed by atoms with E-state index in [1.165, 1.54) is 24.3 Å². The van der Waals surface area contributed by atoms with E-state index in [-0.39, 0.29) is 10.9 Å². The number of carboxylic acid groups (broad SMARTS) is 1.